The number of piperidine rings is 1. The first-order valence-corrected chi connectivity index (χ1v) is 11.2. The average molecular weight is 441 g/mol. The minimum atomic E-state index is -0.466. The number of nitrogens with zero attached hydrogens (tertiary/aromatic N) is 4. The second-order valence-electron chi connectivity index (χ2n) is 8.44. The van der Waals surface area contributed by atoms with E-state index in [1.54, 1.807) is 29.3 Å². The molecule has 1 saturated carbocycles. The van der Waals surface area contributed by atoms with E-state index in [9.17, 15) is 19.7 Å². The molecule has 0 unspecified atom stereocenters. The first-order chi connectivity index (χ1) is 15.5. The van der Waals surface area contributed by atoms with Gasteiger partial charge < -0.3 is 15.5 Å². The van der Waals surface area contributed by atoms with Crippen LogP contribution in [-0.4, -0.2) is 56.7 Å². The van der Waals surface area contributed by atoms with Crippen LogP contribution in [0.1, 0.15) is 55.4 Å². The van der Waals surface area contributed by atoms with Gasteiger partial charge in [-0.05, 0) is 37.8 Å². The molecule has 3 amide bonds. The van der Waals surface area contributed by atoms with Crippen LogP contribution in [0.5, 0.6) is 0 Å². The number of aromatic nitrogens is 2. The van der Waals surface area contributed by atoms with Crippen LogP contribution in [0.3, 0.4) is 0 Å². The number of likely N-dealkylation sites (tertiary alicyclic amines) is 1. The summed E-state index contributed by atoms with van der Waals surface area (Å²) >= 11 is 0. The average Bonchev–Trinajstić information content (AvgIpc) is 3.30. The molecule has 4 rings (SSSR count). The predicted molar refractivity (Wildman–Crippen MR) is 118 cm³/mol. The zero-order valence-corrected chi connectivity index (χ0v) is 17.9. The highest BCUT2D eigenvalue weighted by Gasteiger charge is 2.26. The Morgan fingerprint density at radius 3 is 2.38 bits per heavy atom. The Labute approximate surface area is 186 Å². The van der Waals surface area contributed by atoms with Crippen LogP contribution >= 0.6 is 0 Å². The Balaban J connectivity index is 1.29. The van der Waals surface area contributed by atoms with Gasteiger partial charge in [0.2, 0.25) is 0 Å². The lowest BCUT2D eigenvalue weighted by atomic mass is 9.96. The van der Waals surface area contributed by atoms with E-state index >= 15 is 0 Å². The maximum atomic E-state index is 12.9. The van der Waals surface area contributed by atoms with Gasteiger partial charge in [-0.3, -0.25) is 14.9 Å². The number of non-ortho nitro benzene ring substituents is 1. The lowest BCUT2D eigenvalue weighted by Gasteiger charge is -2.32. The van der Waals surface area contributed by atoms with Gasteiger partial charge in [-0.15, -0.1) is 0 Å². The fraction of sp³-hybridized carbons (Fsp3) is 0.500. The van der Waals surface area contributed by atoms with Crippen molar-refractivity contribution >= 4 is 17.6 Å². The number of amides is 3. The van der Waals surface area contributed by atoms with Gasteiger partial charge in [0.1, 0.15) is 0 Å². The van der Waals surface area contributed by atoms with Crippen LogP contribution in [-0.2, 0) is 0 Å². The summed E-state index contributed by atoms with van der Waals surface area (Å²) in [7, 11) is 0. The molecule has 1 aliphatic heterocycles. The van der Waals surface area contributed by atoms with Crippen molar-refractivity contribution in [1.82, 2.24) is 25.3 Å². The lowest BCUT2D eigenvalue weighted by molar-refractivity contribution is -0.384. The van der Waals surface area contributed by atoms with Gasteiger partial charge in [-0.1, -0.05) is 25.3 Å². The molecular formula is C22H28N6O4. The Kier molecular flexibility index (Phi) is 6.67. The van der Waals surface area contributed by atoms with Crippen LogP contribution < -0.4 is 10.6 Å². The van der Waals surface area contributed by atoms with Gasteiger partial charge in [-0.2, -0.15) is 5.10 Å². The van der Waals surface area contributed by atoms with Gasteiger partial charge in [0, 0.05) is 43.5 Å². The summed E-state index contributed by atoms with van der Waals surface area (Å²) in [6.45, 7) is 1.08. The molecule has 10 heteroatoms. The van der Waals surface area contributed by atoms with Gasteiger partial charge >= 0.3 is 6.03 Å². The molecule has 170 valence electrons. The molecule has 0 atom stereocenters. The van der Waals surface area contributed by atoms with Crippen molar-refractivity contribution in [3.8, 4) is 5.69 Å². The molecule has 1 saturated heterocycles. The van der Waals surface area contributed by atoms with E-state index in [2.05, 4.69) is 15.7 Å². The van der Waals surface area contributed by atoms with Crippen LogP contribution in [0.2, 0.25) is 0 Å². The van der Waals surface area contributed by atoms with E-state index in [0.29, 0.717) is 31.6 Å². The summed E-state index contributed by atoms with van der Waals surface area (Å²) in [5, 5.41) is 21.4. The van der Waals surface area contributed by atoms with Gasteiger partial charge in [0.15, 0.2) is 5.69 Å². The van der Waals surface area contributed by atoms with E-state index in [-0.39, 0.29) is 35.4 Å². The molecule has 1 aromatic heterocycles. The fourth-order valence-electron chi connectivity index (χ4n) is 4.38. The second kappa shape index (κ2) is 9.80. The van der Waals surface area contributed by atoms with E-state index in [4.69, 9.17) is 0 Å². The third-order valence-corrected chi connectivity index (χ3v) is 6.17. The summed E-state index contributed by atoms with van der Waals surface area (Å²) in [4.78, 5) is 37.4. The summed E-state index contributed by atoms with van der Waals surface area (Å²) in [6.07, 6.45) is 8.67. The van der Waals surface area contributed by atoms with Crippen LogP contribution in [0, 0.1) is 10.1 Å². The number of urea groups is 1. The minimum absolute atomic E-state index is 0.0343. The molecule has 0 spiro atoms. The van der Waals surface area contributed by atoms with E-state index in [0.717, 1.165) is 12.8 Å². The Morgan fingerprint density at radius 2 is 1.69 bits per heavy atom. The van der Waals surface area contributed by atoms with Crippen molar-refractivity contribution in [1.29, 1.82) is 0 Å². The number of benzene rings is 1. The number of carbonyl (C=O) groups excluding carboxylic acids is 2. The van der Waals surface area contributed by atoms with Crippen LogP contribution in [0.15, 0.2) is 36.5 Å². The highest BCUT2D eigenvalue weighted by Crippen LogP contribution is 2.19. The Bertz CT molecular complexity index is 976. The van der Waals surface area contributed by atoms with Gasteiger partial charge in [0.05, 0.1) is 10.6 Å². The molecule has 1 aromatic carbocycles. The van der Waals surface area contributed by atoms with Gasteiger partial charge in [-0.25, -0.2) is 9.48 Å². The summed E-state index contributed by atoms with van der Waals surface area (Å²) in [6, 6.07) is 7.92. The minimum Gasteiger partial charge on any atom is -0.337 e. The first-order valence-electron chi connectivity index (χ1n) is 11.2. The molecule has 2 fully saturated rings. The van der Waals surface area contributed by atoms with E-state index in [1.807, 2.05) is 0 Å². The number of nitro groups is 1. The molecule has 32 heavy (non-hydrogen) atoms. The number of carbonyl (C=O) groups is 2. The number of hydrogen-bond acceptors (Lipinski definition) is 5. The van der Waals surface area contributed by atoms with Crippen LogP contribution in [0.4, 0.5) is 10.5 Å². The largest absolute Gasteiger partial charge is 0.337 e. The normalized spacial score (nSPS) is 17.7. The van der Waals surface area contributed by atoms with Crippen molar-refractivity contribution in [3.05, 3.63) is 52.3 Å². The van der Waals surface area contributed by atoms with Crippen molar-refractivity contribution in [2.45, 2.75) is 57.0 Å². The predicted octanol–water partition coefficient (Wildman–Crippen LogP) is 3.02. The number of nitro benzene ring substituents is 1. The molecule has 1 aliphatic carbocycles. The van der Waals surface area contributed by atoms with Crippen molar-refractivity contribution in [2.24, 2.45) is 0 Å². The third kappa shape index (κ3) is 5.24. The number of hydrogen-bond donors (Lipinski definition) is 2. The Morgan fingerprint density at radius 1 is 1.00 bits per heavy atom. The monoisotopic (exact) mass is 440 g/mol. The highest BCUT2D eigenvalue weighted by molar-refractivity contribution is 5.92. The summed E-state index contributed by atoms with van der Waals surface area (Å²) in [5.74, 6) is -0.181. The number of rotatable bonds is 5. The summed E-state index contributed by atoms with van der Waals surface area (Å²) < 4.78 is 1.46. The molecule has 2 heterocycles. The zero-order chi connectivity index (χ0) is 22.5. The maximum Gasteiger partial charge on any atom is 0.315 e. The SMILES string of the molecule is O=C(NC1CCCCC1)NC1CCN(C(=O)c2ccn(-c3cccc([N+](=O)[O-])c3)n2)CC1. The smallest absolute Gasteiger partial charge is 0.315 e. The lowest BCUT2D eigenvalue weighted by Crippen LogP contribution is -2.51. The van der Waals surface area contributed by atoms with Crippen LogP contribution in [0.25, 0.3) is 5.69 Å². The highest BCUT2D eigenvalue weighted by atomic mass is 16.6. The van der Waals surface area contributed by atoms with Gasteiger partial charge in [0.25, 0.3) is 11.6 Å². The fourth-order valence-corrected chi connectivity index (χ4v) is 4.38. The van der Waals surface area contributed by atoms with Crippen molar-refractivity contribution < 1.29 is 14.5 Å². The molecule has 10 nitrogen and oxygen atoms in total. The maximum absolute atomic E-state index is 12.9. The van der Waals surface area contributed by atoms with E-state index in [1.165, 1.54) is 36.1 Å². The topological polar surface area (TPSA) is 122 Å². The second-order valence-corrected chi connectivity index (χ2v) is 8.44. The molecule has 2 aliphatic rings. The third-order valence-electron chi connectivity index (χ3n) is 6.17. The van der Waals surface area contributed by atoms with E-state index < -0.39 is 4.92 Å². The standard InChI is InChI=1S/C22H28N6O4/c29-21(20-11-14-27(25-20)18-7-4-8-19(15-18)28(31)32)26-12-9-17(10-13-26)24-22(30)23-16-5-2-1-3-6-16/h4,7-8,11,14-17H,1-3,5-6,9-10,12-13H2,(H2,23,24,30). The molecular weight excluding hydrogens is 412 g/mol. The quantitative estimate of drug-likeness (QED) is 0.547. The molecule has 0 radical (unpaired) electrons. The van der Waals surface area contributed by atoms with Crippen molar-refractivity contribution in [2.75, 3.05) is 13.1 Å². The first kappa shape index (κ1) is 21.8. The molecule has 2 N–H and O–H groups in total. The summed E-state index contributed by atoms with van der Waals surface area (Å²) in [5.41, 5.74) is 0.774. The van der Waals surface area contributed by atoms with Crippen molar-refractivity contribution in [3.63, 3.8) is 0 Å². The molecule has 0 bridgehead atoms. The number of nitrogens with one attached hydrogen (secondary N) is 2. The zero-order valence-electron chi connectivity index (χ0n) is 17.9. The molecule has 2 aromatic rings. The Hall–Kier alpha value is -3.43.